The predicted octanol–water partition coefficient (Wildman–Crippen LogP) is 3.02. The Bertz CT molecular complexity index is 551. The molecule has 0 aromatic carbocycles. The molecule has 1 aromatic heterocycles. The highest BCUT2D eigenvalue weighted by Crippen LogP contribution is 2.31. The first-order valence-corrected chi connectivity index (χ1v) is 7.79. The molecule has 6 heteroatoms. The standard InChI is InChI=1S/C17H26N2O4/c1-11-7-14(18-12(2)15(11)22-10-21-6)13-8-19(9-13)16(20)23-17(3,4)5/h7,13H,8-10H2,1-6H3. The zero-order chi connectivity index (χ0) is 17.2. The highest BCUT2D eigenvalue weighted by atomic mass is 16.7. The summed E-state index contributed by atoms with van der Waals surface area (Å²) < 4.78 is 15.9. The first-order chi connectivity index (χ1) is 10.7. The molecule has 2 heterocycles. The van der Waals surface area contributed by atoms with Gasteiger partial charge in [-0.1, -0.05) is 0 Å². The molecule has 1 fully saturated rings. The predicted molar refractivity (Wildman–Crippen MR) is 86.8 cm³/mol. The number of methoxy groups -OCH3 is 1. The summed E-state index contributed by atoms with van der Waals surface area (Å²) >= 11 is 0. The number of carbonyl (C=O) groups excluding carboxylic acids is 1. The SMILES string of the molecule is COCOc1c(C)cc(C2CN(C(=O)OC(C)(C)C)C2)nc1C. The van der Waals surface area contributed by atoms with Gasteiger partial charge in [-0.3, -0.25) is 4.98 Å². The number of hydrogen-bond donors (Lipinski definition) is 0. The highest BCUT2D eigenvalue weighted by molar-refractivity contribution is 5.69. The third-order valence-electron chi connectivity index (χ3n) is 3.62. The number of ether oxygens (including phenoxy) is 3. The van der Waals surface area contributed by atoms with Gasteiger partial charge in [0.1, 0.15) is 11.4 Å². The van der Waals surface area contributed by atoms with Gasteiger partial charge in [0.05, 0.1) is 5.69 Å². The highest BCUT2D eigenvalue weighted by Gasteiger charge is 2.35. The van der Waals surface area contributed by atoms with Crippen LogP contribution in [0.15, 0.2) is 6.07 Å². The van der Waals surface area contributed by atoms with Crippen molar-refractivity contribution >= 4 is 6.09 Å². The number of carbonyl (C=O) groups is 1. The number of aromatic nitrogens is 1. The second-order valence-electron chi connectivity index (χ2n) is 6.91. The topological polar surface area (TPSA) is 60.9 Å². The lowest BCUT2D eigenvalue weighted by molar-refractivity contribution is 0.00781. The minimum Gasteiger partial charge on any atom is -0.465 e. The fourth-order valence-corrected chi connectivity index (χ4v) is 2.54. The molecule has 1 aromatic rings. The maximum atomic E-state index is 12.0. The van der Waals surface area contributed by atoms with Crippen LogP contribution in [0.5, 0.6) is 5.75 Å². The first kappa shape index (κ1) is 17.5. The van der Waals surface area contributed by atoms with Crippen molar-refractivity contribution in [2.75, 3.05) is 27.0 Å². The fourth-order valence-electron chi connectivity index (χ4n) is 2.54. The van der Waals surface area contributed by atoms with Crippen molar-refractivity contribution in [2.45, 2.75) is 46.1 Å². The summed E-state index contributed by atoms with van der Waals surface area (Å²) in [5, 5.41) is 0. The van der Waals surface area contributed by atoms with Gasteiger partial charge < -0.3 is 19.1 Å². The summed E-state index contributed by atoms with van der Waals surface area (Å²) in [4.78, 5) is 18.3. The van der Waals surface area contributed by atoms with E-state index in [1.165, 1.54) is 0 Å². The van der Waals surface area contributed by atoms with Gasteiger partial charge in [0, 0.05) is 31.8 Å². The van der Waals surface area contributed by atoms with E-state index < -0.39 is 5.60 Å². The molecule has 6 nitrogen and oxygen atoms in total. The van der Waals surface area contributed by atoms with E-state index in [2.05, 4.69) is 4.98 Å². The van der Waals surface area contributed by atoms with Gasteiger partial charge in [-0.15, -0.1) is 0 Å². The molecule has 1 aliphatic heterocycles. The van der Waals surface area contributed by atoms with Crippen LogP contribution >= 0.6 is 0 Å². The second kappa shape index (κ2) is 6.74. The van der Waals surface area contributed by atoms with Gasteiger partial charge in [-0.2, -0.15) is 0 Å². The lowest BCUT2D eigenvalue weighted by Gasteiger charge is -2.39. The average molecular weight is 322 g/mol. The minimum absolute atomic E-state index is 0.207. The van der Waals surface area contributed by atoms with Crippen molar-refractivity contribution < 1.29 is 19.0 Å². The van der Waals surface area contributed by atoms with Crippen LogP contribution in [-0.2, 0) is 9.47 Å². The minimum atomic E-state index is -0.464. The van der Waals surface area contributed by atoms with Crippen molar-refractivity contribution in [3.63, 3.8) is 0 Å². The average Bonchev–Trinajstić information content (AvgIpc) is 2.33. The lowest BCUT2D eigenvalue weighted by atomic mass is 9.95. The Hall–Kier alpha value is -1.82. The van der Waals surface area contributed by atoms with Gasteiger partial charge >= 0.3 is 6.09 Å². The van der Waals surface area contributed by atoms with Crippen molar-refractivity contribution in [1.82, 2.24) is 9.88 Å². The van der Waals surface area contributed by atoms with Crippen molar-refractivity contribution in [2.24, 2.45) is 0 Å². The fraction of sp³-hybridized carbons (Fsp3) is 0.647. The molecule has 23 heavy (non-hydrogen) atoms. The zero-order valence-corrected chi connectivity index (χ0v) is 14.8. The number of likely N-dealkylation sites (tertiary alicyclic amines) is 1. The van der Waals surface area contributed by atoms with Crippen LogP contribution in [0.25, 0.3) is 0 Å². The molecule has 0 N–H and O–H groups in total. The van der Waals surface area contributed by atoms with Crippen LogP contribution in [0, 0.1) is 13.8 Å². The molecule has 0 unspecified atom stereocenters. The van der Waals surface area contributed by atoms with Gasteiger partial charge in [0.15, 0.2) is 6.79 Å². The van der Waals surface area contributed by atoms with Crippen LogP contribution in [0.1, 0.15) is 43.6 Å². The number of nitrogens with zero attached hydrogens (tertiary/aromatic N) is 2. The van der Waals surface area contributed by atoms with Gasteiger partial charge in [0.2, 0.25) is 0 Å². The molecule has 0 aliphatic carbocycles. The quantitative estimate of drug-likeness (QED) is 0.798. The van der Waals surface area contributed by atoms with Crippen LogP contribution in [0.3, 0.4) is 0 Å². The van der Waals surface area contributed by atoms with Crippen molar-refractivity contribution in [3.8, 4) is 5.75 Å². The summed E-state index contributed by atoms with van der Waals surface area (Å²) in [5.41, 5.74) is 2.39. The van der Waals surface area contributed by atoms with E-state index in [1.54, 1.807) is 12.0 Å². The molecule has 2 rings (SSSR count). The smallest absolute Gasteiger partial charge is 0.410 e. The Kier molecular flexibility index (Phi) is 5.14. The molecule has 1 aliphatic rings. The summed E-state index contributed by atoms with van der Waals surface area (Å²) in [7, 11) is 1.59. The largest absolute Gasteiger partial charge is 0.465 e. The second-order valence-corrected chi connectivity index (χ2v) is 6.91. The molecule has 0 spiro atoms. The number of rotatable bonds is 4. The van der Waals surface area contributed by atoms with Crippen molar-refractivity contribution in [3.05, 3.63) is 23.0 Å². The maximum Gasteiger partial charge on any atom is 0.410 e. The Balaban J connectivity index is 1.99. The Morgan fingerprint density at radius 1 is 1.35 bits per heavy atom. The van der Waals surface area contributed by atoms with Gasteiger partial charge in [-0.05, 0) is 46.2 Å². The van der Waals surface area contributed by atoms with Crippen molar-refractivity contribution in [1.29, 1.82) is 0 Å². The lowest BCUT2D eigenvalue weighted by Crippen LogP contribution is -2.50. The monoisotopic (exact) mass is 322 g/mol. The van der Waals surface area contributed by atoms with E-state index in [0.29, 0.717) is 13.1 Å². The zero-order valence-electron chi connectivity index (χ0n) is 14.8. The van der Waals surface area contributed by atoms with Crippen LogP contribution in [0.4, 0.5) is 4.79 Å². The molecular weight excluding hydrogens is 296 g/mol. The van der Waals surface area contributed by atoms with E-state index in [1.807, 2.05) is 40.7 Å². The van der Waals surface area contributed by atoms with Crippen LogP contribution in [0.2, 0.25) is 0 Å². The van der Waals surface area contributed by atoms with E-state index in [0.717, 1.165) is 22.7 Å². The molecule has 0 radical (unpaired) electrons. The van der Waals surface area contributed by atoms with E-state index in [4.69, 9.17) is 14.2 Å². The van der Waals surface area contributed by atoms with Crippen LogP contribution in [-0.4, -0.2) is 48.6 Å². The third kappa shape index (κ3) is 4.34. The van der Waals surface area contributed by atoms with E-state index in [-0.39, 0.29) is 18.8 Å². The molecule has 1 saturated heterocycles. The Morgan fingerprint density at radius 3 is 2.52 bits per heavy atom. The van der Waals surface area contributed by atoms with E-state index >= 15 is 0 Å². The number of pyridine rings is 1. The molecule has 1 amide bonds. The summed E-state index contributed by atoms with van der Waals surface area (Å²) in [5.74, 6) is 1.01. The number of amides is 1. The maximum absolute atomic E-state index is 12.0. The van der Waals surface area contributed by atoms with Crippen LogP contribution < -0.4 is 4.74 Å². The van der Waals surface area contributed by atoms with Gasteiger partial charge in [-0.25, -0.2) is 4.79 Å². The first-order valence-electron chi connectivity index (χ1n) is 7.79. The summed E-state index contributed by atoms with van der Waals surface area (Å²) in [6.07, 6.45) is -0.262. The third-order valence-corrected chi connectivity index (χ3v) is 3.62. The molecular formula is C17H26N2O4. The molecule has 128 valence electrons. The number of aryl methyl sites for hydroxylation is 2. The summed E-state index contributed by atoms with van der Waals surface area (Å²) in [6.45, 7) is 11.0. The number of hydrogen-bond acceptors (Lipinski definition) is 5. The molecule has 0 bridgehead atoms. The molecule has 0 saturated carbocycles. The normalized spacial score (nSPS) is 15.3. The van der Waals surface area contributed by atoms with Gasteiger partial charge in [0.25, 0.3) is 0 Å². The van der Waals surface area contributed by atoms with E-state index in [9.17, 15) is 4.79 Å². The Labute approximate surface area is 137 Å². The Morgan fingerprint density at radius 2 is 2.00 bits per heavy atom. The summed E-state index contributed by atoms with van der Waals surface area (Å²) in [6, 6.07) is 2.02. The molecule has 0 atom stereocenters.